The largest absolute Gasteiger partial charge is 0.376 e. The summed E-state index contributed by atoms with van der Waals surface area (Å²) in [6.45, 7) is 6.57. The van der Waals surface area contributed by atoms with E-state index in [1.165, 1.54) is 4.90 Å². The second-order valence-electron chi connectivity index (χ2n) is 7.48. The molecule has 0 aromatic heterocycles. The zero-order chi connectivity index (χ0) is 19.3. The molecule has 0 heterocycles. The second-order valence-corrected chi connectivity index (χ2v) is 7.48. The van der Waals surface area contributed by atoms with Crippen molar-refractivity contribution in [2.75, 3.05) is 31.3 Å². The van der Waals surface area contributed by atoms with Crippen molar-refractivity contribution in [3.05, 3.63) is 59.7 Å². The number of para-hydroxylation sites is 1. The first kappa shape index (κ1) is 19.5. The third kappa shape index (κ3) is 5.09. The van der Waals surface area contributed by atoms with Crippen LogP contribution in [0.15, 0.2) is 48.5 Å². The topological polar surface area (TPSA) is 61.4 Å². The Kier molecular flexibility index (Phi) is 6.03. The van der Waals surface area contributed by atoms with E-state index in [2.05, 4.69) is 37.5 Å². The van der Waals surface area contributed by atoms with Crippen molar-refractivity contribution in [2.24, 2.45) is 0 Å². The molecule has 0 bridgehead atoms. The van der Waals surface area contributed by atoms with Gasteiger partial charge in [0.15, 0.2) is 0 Å². The van der Waals surface area contributed by atoms with Gasteiger partial charge in [-0.2, -0.15) is 0 Å². The Morgan fingerprint density at radius 3 is 2.35 bits per heavy atom. The van der Waals surface area contributed by atoms with Gasteiger partial charge >= 0.3 is 0 Å². The lowest BCUT2D eigenvalue weighted by Gasteiger charge is -2.23. The molecule has 0 saturated heterocycles. The molecule has 0 saturated carbocycles. The highest BCUT2D eigenvalue weighted by atomic mass is 16.2. The van der Waals surface area contributed by atoms with E-state index < -0.39 is 0 Å². The summed E-state index contributed by atoms with van der Waals surface area (Å²) < 4.78 is 0. The van der Waals surface area contributed by atoms with Gasteiger partial charge in [-0.3, -0.25) is 9.59 Å². The van der Waals surface area contributed by atoms with Crippen LogP contribution in [-0.4, -0.2) is 37.4 Å². The van der Waals surface area contributed by atoms with Gasteiger partial charge in [-0.1, -0.05) is 45.0 Å². The smallest absolute Gasteiger partial charge is 0.253 e. The lowest BCUT2D eigenvalue weighted by Crippen LogP contribution is -2.24. The molecule has 2 amide bonds. The zero-order valence-electron chi connectivity index (χ0n) is 16.1. The highest BCUT2D eigenvalue weighted by Crippen LogP contribution is 2.29. The molecule has 0 spiro atoms. The van der Waals surface area contributed by atoms with Crippen LogP contribution in [0.3, 0.4) is 0 Å². The fraction of sp³-hybridized carbons (Fsp3) is 0.333. The summed E-state index contributed by atoms with van der Waals surface area (Å²) >= 11 is 0. The van der Waals surface area contributed by atoms with E-state index in [9.17, 15) is 9.59 Å². The normalized spacial score (nSPS) is 11.0. The number of nitrogens with zero attached hydrogens (tertiary/aromatic N) is 1. The molecular formula is C21H27N3O2. The van der Waals surface area contributed by atoms with Gasteiger partial charge in [-0.25, -0.2) is 0 Å². The monoisotopic (exact) mass is 353 g/mol. The molecule has 0 unspecified atom stereocenters. The standard InChI is InChI=1S/C21H27N3O2/c1-21(2,3)17-11-6-7-12-18(17)22-14-19(25)23-16-10-8-9-15(13-16)20(26)24(4)5/h6-13,22H,14H2,1-5H3,(H,23,25). The van der Waals surface area contributed by atoms with Gasteiger partial charge in [0, 0.05) is 31.0 Å². The van der Waals surface area contributed by atoms with Crippen LogP contribution < -0.4 is 10.6 Å². The van der Waals surface area contributed by atoms with Crippen molar-refractivity contribution in [1.29, 1.82) is 0 Å². The number of anilines is 2. The van der Waals surface area contributed by atoms with E-state index >= 15 is 0 Å². The molecule has 138 valence electrons. The lowest BCUT2D eigenvalue weighted by molar-refractivity contribution is -0.114. The lowest BCUT2D eigenvalue weighted by atomic mass is 9.86. The van der Waals surface area contributed by atoms with E-state index in [0.717, 1.165) is 11.3 Å². The molecule has 0 aliphatic rings. The van der Waals surface area contributed by atoms with Crippen molar-refractivity contribution in [3.8, 4) is 0 Å². The van der Waals surface area contributed by atoms with E-state index in [1.807, 2.05) is 18.2 Å². The van der Waals surface area contributed by atoms with Gasteiger partial charge in [-0.05, 0) is 35.2 Å². The fourth-order valence-corrected chi connectivity index (χ4v) is 2.66. The van der Waals surface area contributed by atoms with E-state index in [-0.39, 0.29) is 23.8 Å². The van der Waals surface area contributed by atoms with Crippen LogP contribution in [0, 0.1) is 0 Å². The maximum absolute atomic E-state index is 12.3. The van der Waals surface area contributed by atoms with E-state index in [0.29, 0.717) is 11.3 Å². The number of benzene rings is 2. The average molecular weight is 353 g/mol. The van der Waals surface area contributed by atoms with Gasteiger partial charge in [0.1, 0.15) is 0 Å². The zero-order valence-corrected chi connectivity index (χ0v) is 16.1. The molecule has 0 radical (unpaired) electrons. The Morgan fingerprint density at radius 2 is 1.69 bits per heavy atom. The maximum atomic E-state index is 12.3. The average Bonchev–Trinajstić information content (AvgIpc) is 2.59. The van der Waals surface area contributed by atoms with Crippen molar-refractivity contribution >= 4 is 23.2 Å². The Morgan fingerprint density at radius 1 is 1.00 bits per heavy atom. The van der Waals surface area contributed by atoms with Crippen LogP contribution in [0.25, 0.3) is 0 Å². The molecule has 2 aromatic carbocycles. The predicted molar refractivity (Wildman–Crippen MR) is 107 cm³/mol. The van der Waals surface area contributed by atoms with E-state index in [1.54, 1.807) is 38.4 Å². The molecule has 0 fully saturated rings. The first-order chi connectivity index (χ1) is 12.2. The summed E-state index contributed by atoms with van der Waals surface area (Å²) in [5, 5.41) is 6.04. The van der Waals surface area contributed by atoms with Crippen molar-refractivity contribution in [3.63, 3.8) is 0 Å². The molecule has 2 aromatic rings. The number of nitrogens with one attached hydrogen (secondary N) is 2. The Labute approximate surface area is 155 Å². The number of amides is 2. The van der Waals surface area contributed by atoms with Crippen LogP contribution >= 0.6 is 0 Å². The number of rotatable bonds is 5. The summed E-state index contributed by atoms with van der Waals surface area (Å²) in [6.07, 6.45) is 0. The van der Waals surface area contributed by atoms with Gasteiger partial charge in [0.05, 0.1) is 6.54 Å². The van der Waals surface area contributed by atoms with Crippen LogP contribution in [-0.2, 0) is 10.2 Å². The molecule has 26 heavy (non-hydrogen) atoms. The quantitative estimate of drug-likeness (QED) is 0.861. The minimum atomic E-state index is -0.164. The number of hydrogen-bond acceptors (Lipinski definition) is 3. The van der Waals surface area contributed by atoms with Crippen molar-refractivity contribution in [2.45, 2.75) is 26.2 Å². The first-order valence-electron chi connectivity index (χ1n) is 8.63. The van der Waals surface area contributed by atoms with Crippen LogP contribution in [0.4, 0.5) is 11.4 Å². The molecule has 0 aliphatic heterocycles. The summed E-state index contributed by atoms with van der Waals surface area (Å²) in [7, 11) is 3.40. The van der Waals surface area contributed by atoms with Crippen molar-refractivity contribution < 1.29 is 9.59 Å². The highest BCUT2D eigenvalue weighted by Gasteiger charge is 2.17. The highest BCUT2D eigenvalue weighted by molar-refractivity contribution is 5.98. The second kappa shape index (κ2) is 8.04. The van der Waals surface area contributed by atoms with Gasteiger partial charge in [0.2, 0.25) is 5.91 Å². The summed E-state index contributed by atoms with van der Waals surface area (Å²) in [5.74, 6) is -0.263. The number of hydrogen-bond donors (Lipinski definition) is 2. The number of carbonyl (C=O) groups excluding carboxylic acids is 2. The minimum Gasteiger partial charge on any atom is -0.376 e. The third-order valence-electron chi connectivity index (χ3n) is 3.97. The first-order valence-corrected chi connectivity index (χ1v) is 8.63. The predicted octanol–water partition coefficient (Wildman–Crippen LogP) is 3.74. The molecular weight excluding hydrogens is 326 g/mol. The molecule has 5 heteroatoms. The van der Waals surface area contributed by atoms with Gasteiger partial charge < -0.3 is 15.5 Å². The Hall–Kier alpha value is -2.82. The molecule has 0 atom stereocenters. The summed E-state index contributed by atoms with van der Waals surface area (Å²) in [4.78, 5) is 25.8. The summed E-state index contributed by atoms with van der Waals surface area (Å²) in [5.41, 5.74) is 3.24. The fourth-order valence-electron chi connectivity index (χ4n) is 2.66. The molecule has 2 N–H and O–H groups in total. The van der Waals surface area contributed by atoms with Crippen molar-refractivity contribution in [1.82, 2.24) is 4.90 Å². The SMILES string of the molecule is CN(C)C(=O)c1cccc(NC(=O)CNc2ccccc2C(C)(C)C)c1. The van der Waals surface area contributed by atoms with Gasteiger partial charge in [-0.15, -0.1) is 0 Å². The van der Waals surface area contributed by atoms with E-state index in [4.69, 9.17) is 0 Å². The minimum absolute atomic E-state index is 0.0130. The Balaban J connectivity index is 2.03. The van der Waals surface area contributed by atoms with Crippen LogP contribution in [0.5, 0.6) is 0 Å². The Bertz CT molecular complexity index is 792. The molecule has 2 rings (SSSR count). The number of carbonyl (C=O) groups is 2. The van der Waals surface area contributed by atoms with Gasteiger partial charge in [0.25, 0.3) is 5.91 Å². The van der Waals surface area contributed by atoms with Crippen LogP contribution in [0.2, 0.25) is 0 Å². The maximum Gasteiger partial charge on any atom is 0.253 e. The molecule has 5 nitrogen and oxygen atoms in total. The summed E-state index contributed by atoms with van der Waals surface area (Å²) in [6, 6.07) is 14.9. The third-order valence-corrected chi connectivity index (χ3v) is 3.97. The van der Waals surface area contributed by atoms with Crippen LogP contribution in [0.1, 0.15) is 36.7 Å². The molecule has 0 aliphatic carbocycles.